The molecule has 1 amide bonds. The molecule has 1 N–H and O–H groups in total. The average Bonchev–Trinajstić information content (AvgIpc) is 3.02. The zero-order chi connectivity index (χ0) is 29.9. The molecule has 0 aromatic heterocycles. The summed E-state index contributed by atoms with van der Waals surface area (Å²) >= 11 is 6.55. The van der Waals surface area contributed by atoms with Crippen molar-refractivity contribution >= 4 is 29.3 Å². The van der Waals surface area contributed by atoms with Crippen LogP contribution in [0.4, 0.5) is 5.69 Å². The highest BCUT2D eigenvalue weighted by molar-refractivity contribution is 6.32. The highest BCUT2D eigenvalue weighted by Crippen LogP contribution is 2.38. The van der Waals surface area contributed by atoms with Crippen molar-refractivity contribution in [3.63, 3.8) is 0 Å². The first-order valence-electron chi connectivity index (χ1n) is 12.8. The Balaban J connectivity index is 1.46. The lowest BCUT2D eigenvalue weighted by Gasteiger charge is -2.15. The summed E-state index contributed by atoms with van der Waals surface area (Å²) in [6, 6.07) is 27.3. The first-order valence-corrected chi connectivity index (χ1v) is 13.2. The molecule has 0 saturated heterocycles. The van der Waals surface area contributed by atoms with Crippen LogP contribution in [0.5, 0.6) is 28.7 Å². The number of benzene rings is 4. The molecule has 0 saturated carbocycles. The van der Waals surface area contributed by atoms with Gasteiger partial charge in [-0.2, -0.15) is 5.26 Å². The molecule has 4 rings (SSSR count). The predicted molar refractivity (Wildman–Crippen MR) is 161 cm³/mol. The van der Waals surface area contributed by atoms with Gasteiger partial charge in [-0.1, -0.05) is 48.0 Å². The number of carbonyl (C=O) groups excluding carboxylic acids is 1. The molecule has 0 atom stereocenters. The van der Waals surface area contributed by atoms with Gasteiger partial charge in [0.15, 0.2) is 23.0 Å². The highest BCUT2D eigenvalue weighted by atomic mass is 35.5. The van der Waals surface area contributed by atoms with Gasteiger partial charge < -0.3 is 29.0 Å². The Morgan fingerprint density at radius 3 is 2.19 bits per heavy atom. The number of nitriles is 1. The number of ether oxygens (including phenoxy) is 5. The van der Waals surface area contributed by atoms with Crippen LogP contribution in [-0.4, -0.2) is 27.2 Å². The maximum Gasteiger partial charge on any atom is 0.266 e. The summed E-state index contributed by atoms with van der Waals surface area (Å²) in [7, 11) is 4.61. The smallest absolute Gasteiger partial charge is 0.266 e. The summed E-state index contributed by atoms with van der Waals surface area (Å²) in [6.45, 7) is 0.589. The lowest BCUT2D eigenvalue weighted by atomic mass is 10.1. The van der Waals surface area contributed by atoms with Crippen molar-refractivity contribution in [1.29, 1.82) is 5.26 Å². The van der Waals surface area contributed by atoms with E-state index in [2.05, 4.69) is 5.32 Å². The van der Waals surface area contributed by atoms with Gasteiger partial charge in [0.1, 0.15) is 30.6 Å². The van der Waals surface area contributed by atoms with Gasteiger partial charge in [-0.3, -0.25) is 4.79 Å². The zero-order valence-electron chi connectivity index (χ0n) is 23.3. The van der Waals surface area contributed by atoms with Crippen molar-refractivity contribution in [1.82, 2.24) is 0 Å². The Morgan fingerprint density at radius 1 is 0.810 bits per heavy atom. The number of nitrogens with one attached hydrogen (secondary N) is 1. The van der Waals surface area contributed by atoms with E-state index in [1.54, 1.807) is 50.6 Å². The van der Waals surface area contributed by atoms with Crippen LogP contribution in [0, 0.1) is 11.3 Å². The van der Waals surface area contributed by atoms with E-state index in [1.165, 1.54) is 13.2 Å². The molecule has 9 heteroatoms. The Hall–Kier alpha value is -5.13. The van der Waals surface area contributed by atoms with Crippen LogP contribution in [0.15, 0.2) is 90.5 Å². The Morgan fingerprint density at radius 2 is 1.52 bits per heavy atom. The molecule has 0 aliphatic heterocycles. The van der Waals surface area contributed by atoms with E-state index in [-0.39, 0.29) is 17.2 Å². The maximum atomic E-state index is 12.7. The fraction of sp³-hybridized carbons (Fsp3) is 0.152. The third-order valence-electron chi connectivity index (χ3n) is 6.12. The standard InChI is InChI=1S/C33H29ClN2O6/c1-38-27-12-10-26(11-13-27)36-33(37)25(19-35)15-24-16-28(34)32(31(18-24)40-3)42-21-23-9-14-29(30(17-23)39-2)41-20-22-7-5-4-6-8-22/h4-18H,20-21H2,1-3H3,(H,36,37)/b25-15-. The van der Waals surface area contributed by atoms with Gasteiger partial charge in [-0.05, 0) is 71.3 Å². The van der Waals surface area contributed by atoms with Crippen LogP contribution in [-0.2, 0) is 18.0 Å². The van der Waals surface area contributed by atoms with Crippen molar-refractivity contribution in [2.75, 3.05) is 26.6 Å². The zero-order valence-corrected chi connectivity index (χ0v) is 24.1. The highest BCUT2D eigenvalue weighted by Gasteiger charge is 2.15. The van der Waals surface area contributed by atoms with E-state index in [0.717, 1.165) is 11.1 Å². The Kier molecular flexibility index (Phi) is 10.3. The number of hydrogen-bond acceptors (Lipinski definition) is 7. The molecule has 0 unspecified atom stereocenters. The van der Waals surface area contributed by atoms with Crippen LogP contribution in [0.2, 0.25) is 5.02 Å². The van der Waals surface area contributed by atoms with Crippen LogP contribution in [0.1, 0.15) is 16.7 Å². The summed E-state index contributed by atoms with van der Waals surface area (Å²) in [4.78, 5) is 12.7. The molecule has 0 spiro atoms. The summed E-state index contributed by atoms with van der Waals surface area (Å²) in [6.07, 6.45) is 1.43. The molecular formula is C33H29ClN2O6. The van der Waals surface area contributed by atoms with Gasteiger partial charge in [0.05, 0.1) is 26.4 Å². The second-order valence-corrected chi connectivity index (χ2v) is 9.34. The minimum atomic E-state index is -0.566. The van der Waals surface area contributed by atoms with E-state index in [4.69, 9.17) is 35.3 Å². The van der Waals surface area contributed by atoms with Crippen LogP contribution in [0.25, 0.3) is 6.08 Å². The fourth-order valence-electron chi connectivity index (χ4n) is 3.96. The predicted octanol–water partition coefficient (Wildman–Crippen LogP) is 7.07. The Labute approximate surface area is 249 Å². The van der Waals surface area contributed by atoms with Crippen molar-refractivity contribution in [2.24, 2.45) is 0 Å². The molecule has 0 heterocycles. The van der Waals surface area contributed by atoms with Gasteiger partial charge in [0.25, 0.3) is 5.91 Å². The molecule has 4 aromatic rings. The number of rotatable bonds is 12. The molecular weight excluding hydrogens is 556 g/mol. The first kappa shape index (κ1) is 29.8. The second-order valence-electron chi connectivity index (χ2n) is 8.93. The molecule has 0 aliphatic carbocycles. The average molecular weight is 585 g/mol. The number of nitrogens with zero attached hydrogens (tertiary/aromatic N) is 1. The van der Waals surface area contributed by atoms with Crippen LogP contribution < -0.4 is 29.0 Å². The lowest BCUT2D eigenvalue weighted by molar-refractivity contribution is -0.112. The van der Waals surface area contributed by atoms with Crippen LogP contribution in [0.3, 0.4) is 0 Å². The molecule has 0 bridgehead atoms. The lowest BCUT2D eigenvalue weighted by Crippen LogP contribution is -2.13. The monoisotopic (exact) mass is 584 g/mol. The first-order chi connectivity index (χ1) is 20.4. The Bertz CT molecular complexity index is 1600. The minimum Gasteiger partial charge on any atom is -0.497 e. The summed E-state index contributed by atoms with van der Waals surface area (Å²) in [5.41, 5.74) is 2.77. The van der Waals surface area contributed by atoms with Gasteiger partial charge in [-0.15, -0.1) is 0 Å². The molecule has 4 aromatic carbocycles. The number of hydrogen-bond donors (Lipinski definition) is 1. The topological polar surface area (TPSA) is 99.0 Å². The summed E-state index contributed by atoms with van der Waals surface area (Å²) < 4.78 is 28.1. The number of anilines is 1. The molecule has 8 nitrogen and oxygen atoms in total. The largest absolute Gasteiger partial charge is 0.497 e. The van der Waals surface area contributed by atoms with E-state index < -0.39 is 5.91 Å². The molecule has 42 heavy (non-hydrogen) atoms. The number of amides is 1. The SMILES string of the molecule is COc1ccc(NC(=O)/C(C#N)=C\c2cc(Cl)c(OCc3ccc(OCc4ccccc4)c(OC)c3)c(OC)c2)cc1. The number of halogens is 1. The van der Waals surface area contributed by atoms with Gasteiger partial charge >= 0.3 is 0 Å². The summed E-state index contributed by atoms with van der Waals surface area (Å²) in [5, 5.41) is 12.6. The quantitative estimate of drug-likeness (QED) is 0.140. The van der Waals surface area contributed by atoms with Gasteiger partial charge in [-0.25, -0.2) is 0 Å². The molecule has 0 radical (unpaired) electrons. The van der Waals surface area contributed by atoms with E-state index in [0.29, 0.717) is 46.6 Å². The van der Waals surface area contributed by atoms with E-state index in [9.17, 15) is 10.1 Å². The fourth-order valence-corrected chi connectivity index (χ4v) is 4.24. The van der Waals surface area contributed by atoms with E-state index >= 15 is 0 Å². The van der Waals surface area contributed by atoms with Crippen molar-refractivity contribution < 1.29 is 28.5 Å². The minimum absolute atomic E-state index is 0.112. The van der Waals surface area contributed by atoms with Gasteiger partial charge in [0.2, 0.25) is 0 Å². The van der Waals surface area contributed by atoms with Crippen molar-refractivity contribution in [3.8, 4) is 34.8 Å². The normalized spacial score (nSPS) is 10.8. The van der Waals surface area contributed by atoms with Gasteiger partial charge in [0, 0.05) is 5.69 Å². The second kappa shape index (κ2) is 14.5. The van der Waals surface area contributed by atoms with Crippen molar-refractivity contribution in [2.45, 2.75) is 13.2 Å². The number of methoxy groups -OCH3 is 3. The summed E-state index contributed by atoms with van der Waals surface area (Å²) in [5.74, 6) is 1.93. The maximum absolute atomic E-state index is 12.7. The van der Waals surface area contributed by atoms with Crippen LogP contribution >= 0.6 is 11.6 Å². The van der Waals surface area contributed by atoms with E-state index in [1.807, 2.05) is 54.6 Å². The third-order valence-corrected chi connectivity index (χ3v) is 6.40. The molecule has 0 aliphatic rings. The van der Waals surface area contributed by atoms with Crippen molar-refractivity contribution in [3.05, 3.63) is 112 Å². The molecule has 0 fully saturated rings. The third kappa shape index (κ3) is 7.74. The molecule has 214 valence electrons. The number of carbonyl (C=O) groups is 1.